The van der Waals surface area contributed by atoms with Crippen LogP contribution < -0.4 is 9.47 Å². The molecule has 0 bridgehead atoms. The second-order valence-electron chi connectivity index (χ2n) is 6.29. The van der Waals surface area contributed by atoms with Crippen molar-refractivity contribution in [3.8, 4) is 23.0 Å². The minimum absolute atomic E-state index is 0.0349. The average molecular weight is 388 g/mol. The number of rotatable bonds is 6. The van der Waals surface area contributed by atoms with Crippen LogP contribution in [0.5, 0.6) is 11.9 Å². The van der Waals surface area contributed by atoms with Crippen LogP contribution in [0.4, 0.5) is 13.2 Å². The zero-order valence-electron chi connectivity index (χ0n) is 15.5. The fourth-order valence-corrected chi connectivity index (χ4v) is 2.69. The van der Waals surface area contributed by atoms with Crippen molar-refractivity contribution in [2.45, 2.75) is 26.6 Å². The van der Waals surface area contributed by atoms with Gasteiger partial charge < -0.3 is 9.47 Å². The first-order valence-corrected chi connectivity index (χ1v) is 8.63. The van der Waals surface area contributed by atoms with Gasteiger partial charge in [0, 0.05) is 11.8 Å². The lowest BCUT2D eigenvalue weighted by Gasteiger charge is -2.13. The Morgan fingerprint density at radius 1 is 0.929 bits per heavy atom. The number of benzene rings is 2. The quantitative estimate of drug-likeness (QED) is 0.576. The molecule has 0 fully saturated rings. The summed E-state index contributed by atoms with van der Waals surface area (Å²) in [6.07, 6.45) is -3.06. The van der Waals surface area contributed by atoms with E-state index in [9.17, 15) is 13.2 Å². The molecule has 0 aliphatic heterocycles. The first-order chi connectivity index (χ1) is 13.3. The number of hydrogen-bond acceptors (Lipinski definition) is 4. The smallest absolute Gasteiger partial charge is 0.422 e. The van der Waals surface area contributed by atoms with E-state index >= 15 is 0 Å². The van der Waals surface area contributed by atoms with Gasteiger partial charge in [-0.2, -0.15) is 18.2 Å². The molecular formula is C21H19F3N2O2. The first kappa shape index (κ1) is 19.7. The number of halogens is 3. The molecule has 0 N–H and O–H groups in total. The van der Waals surface area contributed by atoms with Gasteiger partial charge in [-0.05, 0) is 36.1 Å². The van der Waals surface area contributed by atoms with Crippen molar-refractivity contribution in [3.05, 3.63) is 71.4 Å². The maximum atomic E-state index is 12.4. The van der Waals surface area contributed by atoms with Crippen LogP contribution in [0, 0.1) is 13.8 Å². The highest BCUT2D eigenvalue weighted by Crippen LogP contribution is 2.26. The molecule has 4 nitrogen and oxygen atoms in total. The number of alkyl halides is 3. The third-order valence-corrected chi connectivity index (χ3v) is 4.16. The lowest BCUT2D eigenvalue weighted by molar-refractivity contribution is -0.154. The van der Waals surface area contributed by atoms with Crippen molar-refractivity contribution in [2.75, 3.05) is 6.61 Å². The summed E-state index contributed by atoms with van der Waals surface area (Å²) < 4.78 is 47.4. The molecule has 0 radical (unpaired) electrons. The SMILES string of the molecule is Cc1cnc(OCc2cccc(-c3ccccc3)c2C)nc1OCC(F)(F)F. The molecule has 0 saturated carbocycles. The van der Waals surface area contributed by atoms with E-state index in [1.54, 1.807) is 6.92 Å². The van der Waals surface area contributed by atoms with E-state index in [1.807, 2.05) is 55.5 Å². The van der Waals surface area contributed by atoms with Crippen molar-refractivity contribution in [2.24, 2.45) is 0 Å². The van der Waals surface area contributed by atoms with Gasteiger partial charge in [0.15, 0.2) is 6.61 Å². The molecule has 3 aromatic rings. The van der Waals surface area contributed by atoms with Gasteiger partial charge >= 0.3 is 12.2 Å². The molecule has 7 heteroatoms. The Bertz CT molecular complexity index is 944. The van der Waals surface area contributed by atoms with Crippen LogP contribution in [0.25, 0.3) is 11.1 Å². The number of ether oxygens (including phenoxy) is 2. The molecule has 28 heavy (non-hydrogen) atoms. The Hall–Kier alpha value is -3.09. The summed E-state index contributed by atoms with van der Waals surface area (Å²) in [7, 11) is 0. The molecule has 2 aromatic carbocycles. The molecule has 0 spiro atoms. The Labute approximate surface area is 161 Å². The van der Waals surface area contributed by atoms with Gasteiger partial charge in [-0.3, -0.25) is 0 Å². The summed E-state index contributed by atoms with van der Waals surface area (Å²) in [6, 6.07) is 15.8. The van der Waals surface area contributed by atoms with Crippen molar-refractivity contribution in [1.29, 1.82) is 0 Å². The van der Waals surface area contributed by atoms with Crippen LogP contribution in [0.2, 0.25) is 0 Å². The van der Waals surface area contributed by atoms with Gasteiger partial charge in [0.25, 0.3) is 0 Å². The summed E-state index contributed by atoms with van der Waals surface area (Å²) in [5.41, 5.74) is 4.56. The van der Waals surface area contributed by atoms with Crippen molar-refractivity contribution < 1.29 is 22.6 Å². The number of aryl methyl sites for hydroxylation is 1. The summed E-state index contributed by atoms with van der Waals surface area (Å²) in [5.74, 6) is -0.142. The summed E-state index contributed by atoms with van der Waals surface area (Å²) in [4.78, 5) is 7.96. The number of aromatic nitrogens is 2. The maximum absolute atomic E-state index is 12.4. The van der Waals surface area contributed by atoms with Crippen molar-refractivity contribution in [3.63, 3.8) is 0 Å². The van der Waals surface area contributed by atoms with Crippen molar-refractivity contribution in [1.82, 2.24) is 9.97 Å². The molecule has 0 unspecified atom stereocenters. The molecule has 146 valence electrons. The highest BCUT2D eigenvalue weighted by molar-refractivity contribution is 5.68. The molecule has 0 aliphatic carbocycles. The van der Waals surface area contributed by atoms with E-state index in [1.165, 1.54) is 6.20 Å². The van der Waals surface area contributed by atoms with Crippen LogP contribution in [-0.4, -0.2) is 22.8 Å². The fourth-order valence-electron chi connectivity index (χ4n) is 2.69. The van der Waals surface area contributed by atoms with Gasteiger partial charge in [-0.1, -0.05) is 48.5 Å². The Balaban J connectivity index is 1.74. The lowest BCUT2D eigenvalue weighted by atomic mass is 9.97. The molecule has 0 amide bonds. The zero-order valence-corrected chi connectivity index (χ0v) is 15.5. The zero-order chi connectivity index (χ0) is 20.1. The summed E-state index contributed by atoms with van der Waals surface area (Å²) in [5, 5.41) is 0. The van der Waals surface area contributed by atoms with E-state index in [0.29, 0.717) is 5.56 Å². The lowest BCUT2D eigenvalue weighted by Crippen LogP contribution is -2.20. The van der Waals surface area contributed by atoms with Gasteiger partial charge in [0.1, 0.15) is 6.61 Å². The molecule has 0 atom stereocenters. The molecular weight excluding hydrogens is 369 g/mol. The van der Waals surface area contributed by atoms with Crippen LogP contribution in [0.1, 0.15) is 16.7 Å². The minimum atomic E-state index is -4.44. The summed E-state index contributed by atoms with van der Waals surface area (Å²) in [6.45, 7) is 2.34. The summed E-state index contributed by atoms with van der Waals surface area (Å²) >= 11 is 0. The monoisotopic (exact) mass is 388 g/mol. The topological polar surface area (TPSA) is 44.2 Å². The second kappa shape index (κ2) is 8.29. The Morgan fingerprint density at radius 2 is 1.68 bits per heavy atom. The first-order valence-electron chi connectivity index (χ1n) is 8.63. The average Bonchev–Trinajstić information content (AvgIpc) is 2.67. The van der Waals surface area contributed by atoms with Crippen molar-refractivity contribution >= 4 is 0 Å². The van der Waals surface area contributed by atoms with Gasteiger partial charge in [0.2, 0.25) is 5.88 Å². The predicted molar refractivity (Wildman–Crippen MR) is 99.3 cm³/mol. The number of hydrogen-bond donors (Lipinski definition) is 0. The minimum Gasteiger partial charge on any atom is -0.468 e. The third kappa shape index (κ3) is 5.00. The largest absolute Gasteiger partial charge is 0.468 e. The molecule has 0 aliphatic rings. The van der Waals surface area contributed by atoms with E-state index in [4.69, 9.17) is 9.47 Å². The van der Waals surface area contributed by atoms with Crippen LogP contribution >= 0.6 is 0 Å². The Morgan fingerprint density at radius 3 is 2.39 bits per heavy atom. The van der Waals surface area contributed by atoms with Crippen LogP contribution in [-0.2, 0) is 6.61 Å². The second-order valence-corrected chi connectivity index (χ2v) is 6.29. The van der Waals surface area contributed by atoms with Gasteiger partial charge in [0.05, 0.1) is 0 Å². The van der Waals surface area contributed by atoms with Crippen LogP contribution in [0.15, 0.2) is 54.7 Å². The Kier molecular flexibility index (Phi) is 5.82. The van der Waals surface area contributed by atoms with E-state index < -0.39 is 12.8 Å². The van der Waals surface area contributed by atoms with E-state index in [-0.39, 0.29) is 18.5 Å². The normalized spacial score (nSPS) is 11.3. The third-order valence-electron chi connectivity index (χ3n) is 4.16. The molecule has 1 aromatic heterocycles. The van der Waals surface area contributed by atoms with Crippen LogP contribution in [0.3, 0.4) is 0 Å². The highest BCUT2D eigenvalue weighted by Gasteiger charge is 2.29. The fraction of sp³-hybridized carbons (Fsp3) is 0.238. The maximum Gasteiger partial charge on any atom is 0.422 e. The highest BCUT2D eigenvalue weighted by atomic mass is 19.4. The molecule has 3 rings (SSSR count). The number of nitrogens with zero attached hydrogens (tertiary/aromatic N) is 2. The molecule has 0 saturated heterocycles. The molecule has 1 heterocycles. The van der Waals surface area contributed by atoms with E-state index in [2.05, 4.69) is 9.97 Å². The van der Waals surface area contributed by atoms with Gasteiger partial charge in [-0.15, -0.1) is 0 Å². The standard InChI is InChI=1S/C21H19F3N2O2/c1-14-11-25-20(26-19(14)28-13-21(22,23)24)27-12-17-9-6-10-18(15(17)2)16-7-4-3-5-8-16/h3-11H,12-13H2,1-2H3. The van der Waals surface area contributed by atoms with E-state index in [0.717, 1.165) is 22.3 Å². The predicted octanol–water partition coefficient (Wildman–Crippen LogP) is 5.28. The van der Waals surface area contributed by atoms with Gasteiger partial charge in [-0.25, -0.2) is 4.98 Å².